The lowest BCUT2D eigenvalue weighted by molar-refractivity contribution is 0.0958. The molecule has 0 fully saturated rings. The van der Waals surface area contributed by atoms with Gasteiger partial charge >= 0.3 is 8.80 Å². The molecule has 3 nitrogen and oxygen atoms in total. The Morgan fingerprint density at radius 3 is 1.89 bits per heavy atom. The van der Waals surface area contributed by atoms with Crippen LogP contribution in [0.3, 0.4) is 0 Å². The van der Waals surface area contributed by atoms with Gasteiger partial charge in [-0.15, -0.1) is 0 Å². The van der Waals surface area contributed by atoms with Crippen LogP contribution in [-0.2, 0) is 13.3 Å². The first-order chi connectivity index (χ1) is 8.57. The molecular formula is C13H29FO3Si. The molecule has 0 amide bonds. The molecule has 0 aromatic rings. The van der Waals surface area contributed by atoms with Crippen LogP contribution in [0.2, 0.25) is 5.54 Å². The van der Waals surface area contributed by atoms with E-state index in [0.29, 0.717) is 6.42 Å². The van der Waals surface area contributed by atoms with Gasteiger partial charge in [-0.25, -0.2) is 4.39 Å². The van der Waals surface area contributed by atoms with Gasteiger partial charge in [0, 0.05) is 21.3 Å². The number of rotatable bonds is 11. The molecule has 0 aromatic carbocycles. The van der Waals surface area contributed by atoms with Crippen LogP contribution in [-0.4, -0.2) is 36.3 Å². The standard InChI is InChI=1S/C13H29FO3Si/c1-6-7-8-9-10-11-13(14)12(2)18(15-3,16-4)17-5/h12-13H,6-11H2,1-5H3. The van der Waals surface area contributed by atoms with E-state index in [1.54, 1.807) is 0 Å². The summed E-state index contributed by atoms with van der Waals surface area (Å²) in [4.78, 5) is 0. The molecule has 0 saturated carbocycles. The number of hydrogen-bond donors (Lipinski definition) is 0. The zero-order valence-electron chi connectivity index (χ0n) is 12.5. The highest BCUT2D eigenvalue weighted by molar-refractivity contribution is 6.62. The maximum Gasteiger partial charge on any atom is 0.506 e. The number of hydrogen-bond acceptors (Lipinski definition) is 3. The van der Waals surface area contributed by atoms with E-state index in [2.05, 4.69) is 6.92 Å². The summed E-state index contributed by atoms with van der Waals surface area (Å²) in [6.45, 7) is 4.00. The van der Waals surface area contributed by atoms with Crippen molar-refractivity contribution >= 4 is 8.80 Å². The fraction of sp³-hybridized carbons (Fsp3) is 1.00. The zero-order chi connectivity index (χ0) is 14.0. The molecule has 0 rings (SSSR count). The predicted octanol–water partition coefficient (Wildman–Crippen LogP) is 3.95. The van der Waals surface area contributed by atoms with Crippen molar-refractivity contribution in [2.45, 2.75) is 64.1 Å². The zero-order valence-corrected chi connectivity index (χ0v) is 13.5. The molecule has 18 heavy (non-hydrogen) atoms. The second kappa shape index (κ2) is 9.89. The Balaban J connectivity index is 4.10. The van der Waals surface area contributed by atoms with Gasteiger partial charge in [-0.3, -0.25) is 0 Å². The summed E-state index contributed by atoms with van der Waals surface area (Å²) in [5.41, 5.74) is -0.316. The molecule has 2 atom stereocenters. The average Bonchev–Trinajstić information content (AvgIpc) is 2.40. The van der Waals surface area contributed by atoms with Crippen molar-refractivity contribution in [1.29, 1.82) is 0 Å². The van der Waals surface area contributed by atoms with Crippen molar-refractivity contribution in [3.63, 3.8) is 0 Å². The molecule has 0 spiro atoms. The second-order valence-corrected chi connectivity index (χ2v) is 8.07. The maximum atomic E-state index is 14.2. The van der Waals surface area contributed by atoms with E-state index in [9.17, 15) is 4.39 Å². The molecule has 0 aliphatic carbocycles. The van der Waals surface area contributed by atoms with Gasteiger partial charge in [0.25, 0.3) is 0 Å². The normalized spacial score (nSPS) is 15.7. The fourth-order valence-corrected chi connectivity index (χ4v) is 4.45. The van der Waals surface area contributed by atoms with Crippen molar-refractivity contribution in [2.24, 2.45) is 0 Å². The van der Waals surface area contributed by atoms with Crippen molar-refractivity contribution in [3.8, 4) is 0 Å². The van der Waals surface area contributed by atoms with Gasteiger partial charge in [0.05, 0.1) is 5.54 Å². The van der Waals surface area contributed by atoms with E-state index >= 15 is 0 Å². The van der Waals surface area contributed by atoms with Crippen LogP contribution >= 0.6 is 0 Å². The summed E-state index contributed by atoms with van der Waals surface area (Å²) in [7, 11) is 1.76. The summed E-state index contributed by atoms with van der Waals surface area (Å²) in [5.74, 6) is 0. The van der Waals surface area contributed by atoms with Crippen molar-refractivity contribution in [1.82, 2.24) is 0 Å². The first-order valence-corrected chi connectivity index (χ1v) is 8.67. The van der Waals surface area contributed by atoms with Crippen molar-refractivity contribution in [2.75, 3.05) is 21.3 Å². The van der Waals surface area contributed by atoms with E-state index < -0.39 is 15.0 Å². The first-order valence-electron chi connectivity index (χ1n) is 6.87. The highest BCUT2D eigenvalue weighted by Crippen LogP contribution is 2.31. The summed E-state index contributed by atoms with van der Waals surface area (Å²) < 4.78 is 30.1. The third-order valence-corrected chi connectivity index (χ3v) is 6.72. The van der Waals surface area contributed by atoms with Gasteiger partial charge in [0.1, 0.15) is 6.17 Å². The molecule has 2 unspecified atom stereocenters. The van der Waals surface area contributed by atoms with Crippen LogP contribution < -0.4 is 0 Å². The van der Waals surface area contributed by atoms with Gasteiger partial charge < -0.3 is 13.3 Å². The Kier molecular flexibility index (Phi) is 9.91. The maximum absolute atomic E-state index is 14.2. The average molecular weight is 280 g/mol. The summed E-state index contributed by atoms with van der Waals surface area (Å²) in [6, 6.07) is 0. The van der Waals surface area contributed by atoms with Gasteiger partial charge in [-0.05, 0) is 6.42 Å². The van der Waals surface area contributed by atoms with E-state index in [-0.39, 0.29) is 5.54 Å². The Morgan fingerprint density at radius 1 is 0.944 bits per heavy atom. The predicted molar refractivity (Wildman–Crippen MR) is 74.5 cm³/mol. The Bertz CT molecular complexity index is 192. The Labute approximate surface area is 112 Å². The van der Waals surface area contributed by atoms with Gasteiger partial charge in [0.15, 0.2) is 0 Å². The first kappa shape index (κ1) is 18.0. The monoisotopic (exact) mass is 280 g/mol. The largest absolute Gasteiger partial charge is 0.506 e. The lowest BCUT2D eigenvalue weighted by Gasteiger charge is -2.32. The molecule has 0 aliphatic rings. The molecule has 0 N–H and O–H groups in total. The quantitative estimate of drug-likeness (QED) is 0.423. The molecule has 0 bridgehead atoms. The smallest absolute Gasteiger partial charge is 0.377 e. The van der Waals surface area contributed by atoms with E-state index in [1.165, 1.54) is 40.6 Å². The van der Waals surface area contributed by atoms with Crippen molar-refractivity contribution in [3.05, 3.63) is 0 Å². The number of alkyl halides is 1. The minimum atomic E-state index is -2.83. The molecule has 110 valence electrons. The minimum Gasteiger partial charge on any atom is -0.377 e. The van der Waals surface area contributed by atoms with Crippen LogP contribution in [0.15, 0.2) is 0 Å². The third kappa shape index (κ3) is 5.34. The van der Waals surface area contributed by atoms with E-state index in [0.717, 1.165) is 12.8 Å². The molecule has 5 heteroatoms. The fourth-order valence-electron chi connectivity index (χ4n) is 2.22. The molecule has 0 aromatic heterocycles. The topological polar surface area (TPSA) is 27.7 Å². The van der Waals surface area contributed by atoms with Gasteiger partial charge in [0.2, 0.25) is 0 Å². The summed E-state index contributed by atoms with van der Waals surface area (Å²) >= 11 is 0. The van der Waals surface area contributed by atoms with Crippen LogP contribution in [0.25, 0.3) is 0 Å². The SMILES string of the molecule is CCCCCCCC(F)C(C)[Si](OC)(OC)OC. The van der Waals surface area contributed by atoms with Gasteiger partial charge in [-0.1, -0.05) is 46.0 Å². The van der Waals surface area contributed by atoms with Gasteiger partial charge in [-0.2, -0.15) is 0 Å². The summed E-state index contributed by atoms with van der Waals surface area (Å²) in [5, 5.41) is 0. The molecule has 0 aliphatic heterocycles. The lowest BCUT2D eigenvalue weighted by atomic mass is 10.1. The van der Waals surface area contributed by atoms with Crippen LogP contribution in [0, 0.1) is 0 Å². The molecular weight excluding hydrogens is 251 g/mol. The number of unbranched alkanes of at least 4 members (excludes halogenated alkanes) is 4. The molecule has 0 saturated heterocycles. The van der Waals surface area contributed by atoms with Crippen LogP contribution in [0.4, 0.5) is 4.39 Å². The van der Waals surface area contributed by atoms with Crippen LogP contribution in [0.5, 0.6) is 0 Å². The lowest BCUT2D eigenvalue weighted by Crippen LogP contribution is -2.49. The summed E-state index contributed by atoms with van der Waals surface area (Å²) in [6.07, 6.45) is 5.31. The van der Waals surface area contributed by atoms with E-state index in [4.69, 9.17) is 13.3 Å². The highest BCUT2D eigenvalue weighted by Gasteiger charge is 2.48. The van der Waals surface area contributed by atoms with Crippen LogP contribution in [0.1, 0.15) is 52.4 Å². The highest BCUT2D eigenvalue weighted by atomic mass is 28.4. The number of halogens is 1. The molecule has 0 radical (unpaired) electrons. The third-order valence-electron chi connectivity index (χ3n) is 3.54. The van der Waals surface area contributed by atoms with Crippen molar-refractivity contribution < 1.29 is 17.7 Å². The second-order valence-electron chi connectivity index (χ2n) is 4.72. The Hall–Kier alpha value is 0.0269. The van der Waals surface area contributed by atoms with E-state index in [1.807, 2.05) is 6.92 Å². The minimum absolute atomic E-state index is 0.316. The Morgan fingerprint density at radius 2 is 1.44 bits per heavy atom. The molecule has 0 heterocycles.